The number of carboxylic acid groups (broad SMARTS) is 1. The molecule has 0 radical (unpaired) electrons. The van der Waals surface area contributed by atoms with E-state index in [1.54, 1.807) is 18.5 Å². The maximum atomic E-state index is 13.6. The molecule has 0 unspecified atom stereocenters. The number of benzene rings is 1. The van der Waals surface area contributed by atoms with Gasteiger partial charge in [-0.3, -0.25) is 4.98 Å². The first-order valence-electron chi connectivity index (χ1n) is 6.36. The Morgan fingerprint density at radius 3 is 2.71 bits per heavy atom. The molecular formula is C16H15FN2O2. The summed E-state index contributed by atoms with van der Waals surface area (Å²) >= 11 is 0. The van der Waals surface area contributed by atoms with Gasteiger partial charge in [-0.1, -0.05) is 0 Å². The van der Waals surface area contributed by atoms with Gasteiger partial charge >= 0.3 is 5.97 Å². The highest BCUT2D eigenvalue weighted by molar-refractivity contribution is 5.85. The number of pyridine rings is 1. The van der Waals surface area contributed by atoms with Crippen molar-refractivity contribution < 1.29 is 14.3 Å². The van der Waals surface area contributed by atoms with Crippen molar-refractivity contribution in [2.75, 3.05) is 11.9 Å². The molecule has 0 aliphatic rings. The molecular weight excluding hydrogens is 271 g/mol. The Morgan fingerprint density at radius 1 is 1.33 bits per heavy atom. The van der Waals surface area contributed by atoms with Gasteiger partial charge in [-0.2, -0.15) is 0 Å². The Morgan fingerprint density at radius 2 is 2.05 bits per heavy atom. The summed E-state index contributed by atoms with van der Waals surface area (Å²) in [5, 5.41) is 8.62. The Labute approximate surface area is 122 Å². The molecule has 0 saturated heterocycles. The summed E-state index contributed by atoms with van der Waals surface area (Å²) in [6, 6.07) is 8.23. The molecule has 1 heterocycles. The highest BCUT2D eigenvalue weighted by Gasteiger charge is 2.05. The molecule has 5 heteroatoms. The highest BCUT2D eigenvalue weighted by Crippen LogP contribution is 2.20. The smallest absolute Gasteiger partial charge is 0.328 e. The van der Waals surface area contributed by atoms with Gasteiger partial charge in [0.1, 0.15) is 5.82 Å². The van der Waals surface area contributed by atoms with E-state index in [4.69, 9.17) is 5.11 Å². The average Bonchev–Trinajstić information content (AvgIpc) is 2.45. The Hall–Kier alpha value is -2.69. The summed E-state index contributed by atoms with van der Waals surface area (Å²) < 4.78 is 13.6. The largest absolute Gasteiger partial charge is 0.478 e. The fraction of sp³-hybridized carbons (Fsp3) is 0.125. The van der Waals surface area contributed by atoms with Crippen molar-refractivity contribution in [2.24, 2.45) is 0 Å². The molecule has 21 heavy (non-hydrogen) atoms. The fourth-order valence-corrected chi connectivity index (χ4v) is 1.93. The second-order valence-electron chi connectivity index (χ2n) is 4.63. The predicted octanol–water partition coefficient (Wildman–Crippen LogP) is 2.95. The van der Waals surface area contributed by atoms with Crippen LogP contribution in [0.15, 0.2) is 48.8 Å². The number of carbonyl (C=O) groups is 1. The van der Waals surface area contributed by atoms with E-state index in [0.717, 1.165) is 11.6 Å². The molecule has 0 bridgehead atoms. The van der Waals surface area contributed by atoms with Gasteiger partial charge in [0, 0.05) is 37.7 Å². The second-order valence-corrected chi connectivity index (χ2v) is 4.63. The number of aliphatic carboxylic acids is 1. The third-order valence-corrected chi connectivity index (χ3v) is 2.93. The summed E-state index contributed by atoms with van der Waals surface area (Å²) in [6.07, 6.45) is 5.77. The van der Waals surface area contributed by atoms with Crippen LogP contribution in [0.25, 0.3) is 6.08 Å². The van der Waals surface area contributed by atoms with E-state index in [1.165, 1.54) is 18.2 Å². The molecule has 0 spiro atoms. The van der Waals surface area contributed by atoms with E-state index in [-0.39, 0.29) is 0 Å². The minimum absolute atomic E-state index is 0.404. The van der Waals surface area contributed by atoms with Gasteiger partial charge in [0.15, 0.2) is 0 Å². The molecule has 1 aromatic carbocycles. The Kier molecular flexibility index (Phi) is 4.66. The minimum atomic E-state index is -1.06. The van der Waals surface area contributed by atoms with Crippen molar-refractivity contribution in [2.45, 2.75) is 6.54 Å². The summed E-state index contributed by atoms with van der Waals surface area (Å²) in [6.45, 7) is 0.605. The van der Waals surface area contributed by atoms with E-state index < -0.39 is 11.8 Å². The monoisotopic (exact) mass is 286 g/mol. The molecule has 2 rings (SSSR count). The normalized spacial score (nSPS) is 10.8. The van der Waals surface area contributed by atoms with Gasteiger partial charge in [0.05, 0.1) is 0 Å². The molecule has 108 valence electrons. The first kappa shape index (κ1) is 14.7. The van der Waals surface area contributed by atoms with Gasteiger partial charge in [-0.05, 0) is 47.5 Å². The summed E-state index contributed by atoms with van der Waals surface area (Å²) in [7, 11) is 1.85. The van der Waals surface area contributed by atoms with Crippen LogP contribution in [-0.2, 0) is 11.3 Å². The van der Waals surface area contributed by atoms with Crippen molar-refractivity contribution in [3.05, 3.63) is 65.7 Å². The maximum absolute atomic E-state index is 13.6. The van der Waals surface area contributed by atoms with Crippen LogP contribution in [-0.4, -0.2) is 23.1 Å². The van der Waals surface area contributed by atoms with Crippen LogP contribution >= 0.6 is 0 Å². The summed E-state index contributed by atoms with van der Waals surface area (Å²) in [5.41, 5.74) is 2.24. The van der Waals surface area contributed by atoms with E-state index in [2.05, 4.69) is 4.98 Å². The van der Waals surface area contributed by atoms with Crippen LogP contribution in [0.4, 0.5) is 10.1 Å². The number of hydrogen-bond donors (Lipinski definition) is 1. The molecule has 0 atom stereocenters. The lowest BCUT2D eigenvalue weighted by atomic mass is 10.1. The molecule has 0 fully saturated rings. The van der Waals surface area contributed by atoms with Gasteiger partial charge in [0.25, 0.3) is 0 Å². The quantitative estimate of drug-likeness (QED) is 0.859. The van der Waals surface area contributed by atoms with E-state index in [9.17, 15) is 9.18 Å². The second kappa shape index (κ2) is 6.65. The first-order chi connectivity index (χ1) is 10.0. The SMILES string of the molecule is CN(Cc1ccncc1)c1cc(F)cc(/C=C/C(=O)O)c1. The lowest BCUT2D eigenvalue weighted by Gasteiger charge is -2.20. The van der Waals surface area contributed by atoms with Crippen molar-refractivity contribution in [3.8, 4) is 0 Å². The first-order valence-corrected chi connectivity index (χ1v) is 6.36. The number of halogens is 1. The minimum Gasteiger partial charge on any atom is -0.478 e. The highest BCUT2D eigenvalue weighted by atomic mass is 19.1. The number of aromatic nitrogens is 1. The molecule has 0 aliphatic heterocycles. The number of rotatable bonds is 5. The lowest BCUT2D eigenvalue weighted by Crippen LogP contribution is -2.16. The molecule has 1 N–H and O–H groups in total. The third kappa shape index (κ3) is 4.42. The Balaban J connectivity index is 2.20. The van der Waals surface area contributed by atoms with E-state index in [1.807, 2.05) is 24.1 Å². The molecule has 0 amide bonds. The van der Waals surface area contributed by atoms with Crippen molar-refractivity contribution in [1.82, 2.24) is 4.98 Å². The number of carboxylic acids is 1. The van der Waals surface area contributed by atoms with Gasteiger partial charge in [0.2, 0.25) is 0 Å². The average molecular weight is 286 g/mol. The van der Waals surface area contributed by atoms with Crippen LogP contribution in [0.5, 0.6) is 0 Å². The van der Waals surface area contributed by atoms with Crippen LogP contribution < -0.4 is 4.90 Å². The molecule has 4 nitrogen and oxygen atoms in total. The molecule has 0 saturated carbocycles. The molecule has 1 aromatic heterocycles. The third-order valence-electron chi connectivity index (χ3n) is 2.93. The number of hydrogen-bond acceptors (Lipinski definition) is 3. The van der Waals surface area contributed by atoms with E-state index >= 15 is 0 Å². The predicted molar refractivity (Wildman–Crippen MR) is 79.4 cm³/mol. The van der Waals surface area contributed by atoms with Gasteiger partial charge < -0.3 is 10.0 Å². The van der Waals surface area contributed by atoms with Crippen LogP contribution in [0, 0.1) is 5.82 Å². The number of anilines is 1. The van der Waals surface area contributed by atoms with Gasteiger partial charge in [-0.25, -0.2) is 9.18 Å². The van der Waals surface area contributed by atoms with Crippen LogP contribution in [0.3, 0.4) is 0 Å². The maximum Gasteiger partial charge on any atom is 0.328 e. The van der Waals surface area contributed by atoms with Crippen molar-refractivity contribution in [1.29, 1.82) is 0 Å². The molecule has 0 aliphatic carbocycles. The lowest BCUT2D eigenvalue weighted by molar-refractivity contribution is -0.131. The summed E-state index contributed by atoms with van der Waals surface area (Å²) in [5.74, 6) is -1.47. The molecule has 2 aromatic rings. The number of nitrogens with zero attached hydrogens (tertiary/aromatic N) is 2. The Bertz CT molecular complexity index is 657. The van der Waals surface area contributed by atoms with Crippen molar-refractivity contribution >= 4 is 17.7 Å². The van der Waals surface area contributed by atoms with Crippen LogP contribution in [0.1, 0.15) is 11.1 Å². The zero-order chi connectivity index (χ0) is 15.2. The van der Waals surface area contributed by atoms with Crippen molar-refractivity contribution in [3.63, 3.8) is 0 Å². The topological polar surface area (TPSA) is 53.4 Å². The van der Waals surface area contributed by atoms with Gasteiger partial charge in [-0.15, -0.1) is 0 Å². The fourth-order valence-electron chi connectivity index (χ4n) is 1.93. The van der Waals surface area contributed by atoms with E-state index in [0.29, 0.717) is 17.8 Å². The van der Waals surface area contributed by atoms with Crippen LogP contribution in [0.2, 0.25) is 0 Å². The summed E-state index contributed by atoms with van der Waals surface area (Å²) in [4.78, 5) is 16.4. The zero-order valence-corrected chi connectivity index (χ0v) is 11.5. The zero-order valence-electron chi connectivity index (χ0n) is 11.5. The standard InChI is InChI=1S/C16H15FN2O2/c1-19(11-12-4-6-18-7-5-12)15-9-13(2-3-16(20)21)8-14(17)10-15/h2-10H,11H2,1H3,(H,20,21)/b3-2+.